The van der Waals surface area contributed by atoms with Crippen molar-refractivity contribution >= 4 is 6.09 Å². The Morgan fingerprint density at radius 3 is 2.64 bits per heavy atom. The van der Waals surface area contributed by atoms with Gasteiger partial charge in [0.05, 0.1) is 6.04 Å². The van der Waals surface area contributed by atoms with Crippen LogP contribution in [0.2, 0.25) is 0 Å². The fraction of sp³-hybridized carbons (Fsp3) is 0.857. The Morgan fingerprint density at radius 2 is 2.36 bits per heavy atom. The molecule has 1 amide bonds. The van der Waals surface area contributed by atoms with Crippen LogP contribution in [-0.4, -0.2) is 36.2 Å². The third-order valence-corrected chi connectivity index (χ3v) is 2.09. The molecule has 0 aromatic rings. The molecule has 2 atom stereocenters. The van der Waals surface area contributed by atoms with Gasteiger partial charge in [-0.1, -0.05) is 0 Å². The van der Waals surface area contributed by atoms with E-state index in [-0.39, 0.29) is 18.2 Å². The van der Waals surface area contributed by atoms with Crippen LogP contribution in [-0.2, 0) is 4.74 Å². The zero-order chi connectivity index (χ0) is 8.43. The molecule has 0 aliphatic carbocycles. The van der Waals surface area contributed by atoms with Gasteiger partial charge >= 0.3 is 6.09 Å². The van der Waals surface area contributed by atoms with Gasteiger partial charge < -0.3 is 15.4 Å². The van der Waals surface area contributed by atoms with E-state index < -0.39 is 0 Å². The lowest BCUT2D eigenvalue weighted by Gasteiger charge is -2.17. The maximum atomic E-state index is 11.0. The molecular weight excluding hydrogens is 144 g/mol. The topological polar surface area (TPSA) is 55.6 Å². The summed E-state index contributed by atoms with van der Waals surface area (Å²) >= 11 is 0. The van der Waals surface area contributed by atoms with E-state index in [2.05, 4.69) is 0 Å². The zero-order valence-corrected chi connectivity index (χ0v) is 6.91. The van der Waals surface area contributed by atoms with E-state index in [4.69, 9.17) is 10.5 Å². The lowest BCUT2D eigenvalue weighted by atomic mass is 10.2. The zero-order valence-electron chi connectivity index (χ0n) is 6.91. The molecule has 0 bridgehead atoms. The van der Waals surface area contributed by atoms with Crippen LogP contribution in [0.15, 0.2) is 0 Å². The number of rotatable bonds is 2. The number of hydrogen-bond acceptors (Lipinski definition) is 3. The Morgan fingerprint density at radius 1 is 1.73 bits per heavy atom. The van der Waals surface area contributed by atoms with E-state index >= 15 is 0 Å². The molecule has 11 heavy (non-hydrogen) atoms. The summed E-state index contributed by atoms with van der Waals surface area (Å²) < 4.78 is 4.99. The van der Waals surface area contributed by atoms with Crippen molar-refractivity contribution in [2.45, 2.75) is 26.0 Å². The Kier molecular flexibility index (Phi) is 2.34. The maximum Gasteiger partial charge on any atom is 0.410 e. The number of nitrogens with two attached hydrogens (primary N) is 1. The summed E-state index contributed by atoms with van der Waals surface area (Å²) in [7, 11) is 0. The number of nitrogens with zero attached hydrogens (tertiary/aromatic N) is 1. The minimum Gasteiger partial charge on any atom is -0.443 e. The van der Waals surface area contributed by atoms with Gasteiger partial charge in [-0.25, -0.2) is 4.79 Å². The number of ether oxygens (including phenoxy) is 1. The summed E-state index contributed by atoms with van der Waals surface area (Å²) in [4.78, 5) is 12.7. The summed E-state index contributed by atoms with van der Waals surface area (Å²) in [5.74, 6) is 0. The third kappa shape index (κ3) is 1.30. The molecule has 4 nitrogen and oxygen atoms in total. The van der Waals surface area contributed by atoms with Crippen LogP contribution in [0.3, 0.4) is 0 Å². The van der Waals surface area contributed by atoms with Gasteiger partial charge in [0.1, 0.15) is 6.10 Å². The van der Waals surface area contributed by atoms with Crippen LogP contribution >= 0.6 is 0 Å². The van der Waals surface area contributed by atoms with Crippen LogP contribution in [0.1, 0.15) is 13.8 Å². The van der Waals surface area contributed by atoms with Crippen molar-refractivity contribution in [3.8, 4) is 0 Å². The van der Waals surface area contributed by atoms with Gasteiger partial charge in [0, 0.05) is 13.1 Å². The number of carbonyl (C=O) groups excluding carboxylic acids is 1. The average Bonchev–Trinajstić information content (AvgIpc) is 2.26. The smallest absolute Gasteiger partial charge is 0.410 e. The Hall–Kier alpha value is -0.770. The Bertz CT molecular complexity index is 161. The molecule has 0 aromatic carbocycles. The summed E-state index contributed by atoms with van der Waals surface area (Å²) in [6.07, 6.45) is -0.363. The van der Waals surface area contributed by atoms with Crippen molar-refractivity contribution in [2.75, 3.05) is 13.1 Å². The highest BCUT2D eigenvalue weighted by Crippen LogP contribution is 2.17. The van der Waals surface area contributed by atoms with Gasteiger partial charge in [-0.2, -0.15) is 0 Å². The van der Waals surface area contributed by atoms with Crippen molar-refractivity contribution in [1.29, 1.82) is 0 Å². The minimum atomic E-state index is -0.240. The predicted molar refractivity (Wildman–Crippen MR) is 41.2 cm³/mol. The molecule has 0 aromatic heterocycles. The monoisotopic (exact) mass is 158 g/mol. The molecular formula is C7H14N2O2. The van der Waals surface area contributed by atoms with Crippen molar-refractivity contribution in [1.82, 2.24) is 4.90 Å². The fourth-order valence-corrected chi connectivity index (χ4v) is 1.32. The van der Waals surface area contributed by atoms with Crippen LogP contribution in [0.4, 0.5) is 4.79 Å². The minimum absolute atomic E-state index is 0.123. The van der Waals surface area contributed by atoms with Gasteiger partial charge in [0.15, 0.2) is 0 Å². The van der Waals surface area contributed by atoms with Crippen LogP contribution < -0.4 is 5.73 Å². The van der Waals surface area contributed by atoms with E-state index in [9.17, 15) is 4.79 Å². The highest BCUT2D eigenvalue weighted by atomic mass is 16.6. The summed E-state index contributed by atoms with van der Waals surface area (Å²) in [5, 5.41) is 0. The number of hydrogen-bond donors (Lipinski definition) is 1. The van der Waals surface area contributed by atoms with E-state index in [0.717, 1.165) is 0 Å². The van der Waals surface area contributed by atoms with Gasteiger partial charge in [0.2, 0.25) is 0 Å². The molecule has 0 saturated carbocycles. The highest BCUT2D eigenvalue weighted by Gasteiger charge is 2.36. The molecule has 0 spiro atoms. The number of cyclic esters (lactones) is 1. The second kappa shape index (κ2) is 3.09. The first-order valence-electron chi connectivity index (χ1n) is 3.88. The van der Waals surface area contributed by atoms with Gasteiger partial charge in [-0.05, 0) is 13.8 Å². The van der Waals surface area contributed by atoms with Crippen molar-refractivity contribution in [3.63, 3.8) is 0 Å². The summed E-state index contributed by atoms with van der Waals surface area (Å²) in [6.45, 7) is 4.97. The number of amides is 1. The SMILES string of the molecule is CCN1C(=O)OC(CN)C1C. The first kappa shape index (κ1) is 8.33. The molecule has 1 saturated heterocycles. The summed E-state index contributed by atoms with van der Waals surface area (Å²) in [5.41, 5.74) is 5.40. The molecule has 2 unspecified atom stereocenters. The standard InChI is InChI=1S/C7H14N2O2/c1-3-9-5(2)6(4-8)11-7(9)10/h5-6H,3-4,8H2,1-2H3. The van der Waals surface area contributed by atoms with Gasteiger partial charge in [-0.3, -0.25) is 0 Å². The molecule has 1 aliphatic rings. The van der Waals surface area contributed by atoms with Crippen molar-refractivity contribution in [2.24, 2.45) is 5.73 Å². The highest BCUT2D eigenvalue weighted by molar-refractivity contribution is 5.70. The van der Waals surface area contributed by atoms with Gasteiger partial charge in [-0.15, -0.1) is 0 Å². The number of likely N-dealkylation sites (N-methyl/N-ethyl adjacent to an activating group) is 1. The fourth-order valence-electron chi connectivity index (χ4n) is 1.32. The number of carbonyl (C=O) groups is 1. The Labute approximate surface area is 66.3 Å². The molecule has 4 heteroatoms. The van der Waals surface area contributed by atoms with Crippen molar-refractivity contribution < 1.29 is 9.53 Å². The van der Waals surface area contributed by atoms with Crippen molar-refractivity contribution in [3.05, 3.63) is 0 Å². The van der Waals surface area contributed by atoms with E-state index in [1.807, 2.05) is 13.8 Å². The second-order valence-corrected chi connectivity index (χ2v) is 2.68. The molecule has 0 radical (unpaired) electrons. The lowest BCUT2D eigenvalue weighted by molar-refractivity contribution is 0.133. The van der Waals surface area contributed by atoms with E-state index in [0.29, 0.717) is 13.1 Å². The van der Waals surface area contributed by atoms with Crippen LogP contribution in [0.25, 0.3) is 0 Å². The molecule has 2 N–H and O–H groups in total. The largest absolute Gasteiger partial charge is 0.443 e. The summed E-state index contributed by atoms with van der Waals surface area (Å²) in [6, 6.07) is 0.123. The van der Waals surface area contributed by atoms with Crippen LogP contribution in [0.5, 0.6) is 0 Å². The average molecular weight is 158 g/mol. The van der Waals surface area contributed by atoms with Crippen LogP contribution in [0, 0.1) is 0 Å². The molecule has 1 heterocycles. The van der Waals surface area contributed by atoms with E-state index in [1.165, 1.54) is 0 Å². The quantitative estimate of drug-likeness (QED) is 0.623. The predicted octanol–water partition coefficient (Wildman–Crippen LogP) is 0.174. The molecule has 64 valence electrons. The Balaban J connectivity index is 2.62. The normalized spacial score (nSPS) is 30.8. The molecule has 1 aliphatic heterocycles. The molecule has 1 fully saturated rings. The lowest BCUT2D eigenvalue weighted by Crippen LogP contribution is -2.36. The van der Waals surface area contributed by atoms with Gasteiger partial charge in [0.25, 0.3) is 0 Å². The van der Waals surface area contributed by atoms with E-state index in [1.54, 1.807) is 4.90 Å². The third-order valence-electron chi connectivity index (χ3n) is 2.09. The maximum absolute atomic E-state index is 11.0. The second-order valence-electron chi connectivity index (χ2n) is 2.68. The molecule has 1 rings (SSSR count). The first-order valence-corrected chi connectivity index (χ1v) is 3.88. The first-order chi connectivity index (χ1) is 5.20.